The predicted octanol–water partition coefficient (Wildman–Crippen LogP) is 1.45. The van der Waals surface area contributed by atoms with Crippen LogP contribution in [-0.2, 0) is 13.5 Å². The van der Waals surface area contributed by atoms with Gasteiger partial charge in [-0.1, -0.05) is 11.4 Å². The summed E-state index contributed by atoms with van der Waals surface area (Å²) in [5.41, 5.74) is 2.21. The van der Waals surface area contributed by atoms with Crippen molar-refractivity contribution in [3.63, 3.8) is 0 Å². The van der Waals surface area contributed by atoms with Gasteiger partial charge in [0.15, 0.2) is 0 Å². The van der Waals surface area contributed by atoms with Crippen molar-refractivity contribution in [2.45, 2.75) is 26.3 Å². The molecule has 0 aliphatic rings. The minimum atomic E-state index is 0.121. The van der Waals surface area contributed by atoms with Gasteiger partial charge in [0.2, 0.25) is 0 Å². The van der Waals surface area contributed by atoms with Crippen LogP contribution >= 0.6 is 11.5 Å². The van der Waals surface area contributed by atoms with Gasteiger partial charge in [-0.05, 0) is 31.9 Å². The van der Waals surface area contributed by atoms with E-state index in [1.165, 1.54) is 16.4 Å². The fourth-order valence-corrected chi connectivity index (χ4v) is 2.74. The van der Waals surface area contributed by atoms with E-state index in [2.05, 4.69) is 31.4 Å². The average Bonchev–Trinajstić information content (AvgIpc) is 2.92. The van der Waals surface area contributed by atoms with E-state index in [4.69, 9.17) is 0 Å². The molecule has 1 unspecified atom stereocenters. The molecule has 0 radical (unpaired) electrons. The maximum absolute atomic E-state index is 4.34. The molecule has 2 rings (SSSR count). The Balaban J connectivity index is 2.44. The van der Waals surface area contributed by atoms with E-state index in [0.29, 0.717) is 0 Å². The van der Waals surface area contributed by atoms with Crippen molar-refractivity contribution in [2.75, 3.05) is 7.05 Å². The van der Waals surface area contributed by atoms with Gasteiger partial charge in [0.1, 0.15) is 5.82 Å². The molecule has 1 atom stereocenters. The van der Waals surface area contributed by atoms with E-state index in [1.54, 1.807) is 0 Å². The maximum atomic E-state index is 4.34. The standard InChI is InChI=1S/C11H17N5S/c1-5-8-11(17-15-14-8)10(12-3)9-6-13-7(2)16(9)4/h6,10,12H,5H2,1-4H3. The molecular formula is C11H17N5S. The first-order chi connectivity index (χ1) is 8.19. The molecule has 0 bridgehead atoms. The van der Waals surface area contributed by atoms with E-state index in [-0.39, 0.29) is 6.04 Å². The number of hydrogen-bond acceptors (Lipinski definition) is 5. The molecule has 0 aliphatic carbocycles. The van der Waals surface area contributed by atoms with Crippen LogP contribution in [-0.4, -0.2) is 26.2 Å². The van der Waals surface area contributed by atoms with E-state index < -0.39 is 0 Å². The maximum Gasteiger partial charge on any atom is 0.105 e. The Bertz CT molecular complexity index is 502. The monoisotopic (exact) mass is 251 g/mol. The molecular weight excluding hydrogens is 234 g/mol. The highest BCUT2D eigenvalue weighted by Gasteiger charge is 2.21. The number of aromatic nitrogens is 4. The minimum absolute atomic E-state index is 0.121. The lowest BCUT2D eigenvalue weighted by Crippen LogP contribution is -2.20. The van der Waals surface area contributed by atoms with Crippen molar-refractivity contribution in [1.29, 1.82) is 0 Å². The molecule has 0 saturated carbocycles. The average molecular weight is 251 g/mol. The van der Waals surface area contributed by atoms with Gasteiger partial charge in [0, 0.05) is 7.05 Å². The van der Waals surface area contributed by atoms with Gasteiger partial charge in [-0.25, -0.2) is 4.98 Å². The molecule has 17 heavy (non-hydrogen) atoms. The topological polar surface area (TPSA) is 55.6 Å². The van der Waals surface area contributed by atoms with Crippen molar-refractivity contribution < 1.29 is 0 Å². The zero-order valence-electron chi connectivity index (χ0n) is 10.6. The molecule has 2 aromatic rings. The molecule has 2 aromatic heterocycles. The lowest BCUT2D eigenvalue weighted by atomic mass is 10.1. The van der Waals surface area contributed by atoms with Gasteiger partial charge in [0.25, 0.3) is 0 Å². The normalized spacial score (nSPS) is 12.9. The van der Waals surface area contributed by atoms with E-state index in [1.807, 2.05) is 27.2 Å². The van der Waals surface area contributed by atoms with E-state index >= 15 is 0 Å². The Morgan fingerprint density at radius 1 is 1.53 bits per heavy atom. The van der Waals surface area contributed by atoms with Crippen molar-refractivity contribution in [1.82, 2.24) is 24.5 Å². The summed E-state index contributed by atoms with van der Waals surface area (Å²) in [5, 5.41) is 7.48. The Hall–Kier alpha value is -1.27. The van der Waals surface area contributed by atoms with Crippen LogP contribution < -0.4 is 5.32 Å². The highest BCUT2D eigenvalue weighted by atomic mass is 32.1. The molecule has 0 aliphatic heterocycles. The highest BCUT2D eigenvalue weighted by molar-refractivity contribution is 7.05. The van der Waals surface area contributed by atoms with Gasteiger partial charge in [-0.3, -0.25) is 0 Å². The van der Waals surface area contributed by atoms with Gasteiger partial charge in [-0.15, -0.1) is 5.10 Å². The number of nitrogens with zero attached hydrogens (tertiary/aromatic N) is 4. The van der Waals surface area contributed by atoms with Crippen molar-refractivity contribution >= 4 is 11.5 Å². The number of aryl methyl sites for hydroxylation is 2. The molecule has 2 heterocycles. The third-order valence-electron chi connectivity index (χ3n) is 3.02. The van der Waals surface area contributed by atoms with E-state index in [0.717, 1.165) is 23.6 Å². The zero-order valence-corrected chi connectivity index (χ0v) is 11.4. The third kappa shape index (κ3) is 2.10. The number of hydrogen-bond donors (Lipinski definition) is 1. The van der Waals surface area contributed by atoms with Gasteiger partial charge >= 0.3 is 0 Å². The summed E-state index contributed by atoms with van der Waals surface area (Å²) in [6, 6.07) is 0.121. The summed E-state index contributed by atoms with van der Waals surface area (Å²) in [4.78, 5) is 5.52. The molecule has 1 N–H and O–H groups in total. The molecule has 0 fully saturated rings. The second-order valence-electron chi connectivity index (χ2n) is 3.95. The number of rotatable bonds is 4. The van der Waals surface area contributed by atoms with Crippen molar-refractivity contribution in [3.8, 4) is 0 Å². The Morgan fingerprint density at radius 3 is 2.82 bits per heavy atom. The molecule has 5 nitrogen and oxygen atoms in total. The first kappa shape index (κ1) is 12.2. The summed E-state index contributed by atoms with van der Waals surface area (Å²) >= 11 is 1.45. The molecule has 0 saturated heterocycles. The Kier molecular flexibility index (Phi) is 3.54. The summed E-state index contributed by atoms with van der Waals surface area (Å²) in [5.74, 6) is 1.01. The quantitative estimate of drug-likeness (QED) is 0.893. The fraction of sp³-hybridized carbons (Fsp3) is 0.545. The van der Waals surface area contributed by atoms with Crippen molar-refractivity contribution in [2.24, 2.45) is 7.05 Å². The lowest BCUT2D eigenvalue weighted by molar-refractivity contribution is 0.634. The summed E-state index contributed by atoms with van der Waals surface area (Å²) in [6.07, 6.45) is 2.82. The molecule has 0 spiro atoms. The van der Waals surface area contributed by atoms with Gasteiger partial charge in [0.05, 0.1) is 28.5 Å². The van der Waals surface area contributed by atoms with Crippen molar-refractivity contribution in [3.05, 3.63) is 28.3 Å². The minimum Gasteiger partial charge on any atom is -0.334 e. The zero-order chi connectivity index (χ0) is 12.4. The molecule has 6 heteroatoms. The fourth-order valence-electron chi connectivity index (χ4n) is 1.88. The molecule has 0 amide bonds. The van der Waals surface area contributed by atoms with Crippen LogP contribution in [0.3, 0.4) is 0 Å². The SMILES string of the molecule is CCc1nnsc1C(NC)c1cnc(C)n1C. The van der Waals surface area contributed by atoms with Crippen LogP contribution in [0.25, 0.3) is 0 Å². The van der Waals surface area contributed by atoms with Crippen LogP contribution in [0.2, 0.25) is 0 Å². The molecule has 92 valence electrons. The largest absolute Gasteiger partial charge is 0.334 e. The van der Waals surface area contributed by atoms with Crippen LogP contribution in [0.15, 0.2) is 6.20 Å². The van der Waals surface area contributed by atoms with Crippen LogP contribution in [0.1, 0.15) is 35.1 Å². The van der Waals surface area contributed by atoms with Gasteiger partial charge < -0.3 is 9.88 Å². The Labute approximate surface area is 105 Å². The smallest absolute Gasteiger partial charge is 0.105 e. The lowest BCUT2D eigenvalue weighted by Gasteiger charge is -2.16. The summed E-state index contributed by atoms with van der Waals surface area (Å²) < 4.78 is 6.14. The van der Waals surface area contributed by atoms with Crippen LogP contribution in [0.5, 0.6) is 0 Å². The number of imidazole rings is 1. The Morgan fingerprint density at radius 2 is 2.29 bits per heavy atom. The summed E-state index contributed by atoms with van der Waals surface area (Å²) in [6.45, 7) is 4.10. The van der Waals surface area contributed by atoms with Crippen LogP contribution in [0, 0.1) is 6.92 Å². The van der Waals surface area contributed by atoms with E-state index in [9.17, 15) is 0 Å². The molecule has 0 aromatic carbocycles. The first-order valence-corrected chi connectivity index (χ1v) is 6.43. The second-order valence-corrected chi connectivity index (χ2v) is 4.73. The number of nitrogens with one attached hydrogen (secondary N) is 1. The second kappa shape index (κ2) is 4.93. The predicted molar refractivity (Wildman–Crippen MR) is 68.1 cm³/mol. The third-order valence-corrected chi connectivity index (χ3v) is 3.85. The highest BCUT2D eigenvalue weighted by Crippen LogP contribution is 2.27. The first-order valence-electron chi connectivity index (χ1n) is 5.65. The van der Waals surface area contributed by atoms with Gasteiger partial charge in [-0.2, -0.15) is 0 Å². The summed E-state index contributed by atoms with van der Waals surface area (Å²) in [7, 11) is 3.98. The van der Waals surface area contributed by atoms with Crippen LogP contribution in [0.4, 0.5) is 0 Å².